The van der Waals surface area contributed by atoms with Crippen molar-refractivity contribution in [2.75, 3.05) is 11.6 Å². The molecule has 3 heteroatoms. The average molecular weight is 585 g/mol. The Bertz CT molecular complexity index is 1870. The van der Waals surface area contributed by atoms with E-state index in [1.165, 1.54) is 61.7 Å². The molecule has 1 unspecified atom stereocenters. The zero-order valence-corrected chi connectivity index (χ0v) is 26.1. The standard InChI is InChI=1S/C41H36N2Si/c1-41-28-15-29-42(41)43(34-19-8-3-9-20-34)40-31-38(26-27-39(40)41)44(35-21-10-4-11-22-35,36-23-12-5-13-24-36)37-25-14-18-33(30-37)32-16-6-2-7-17-32/h2-14,16-27,30-31H,15,28-29H2,1H3. The van der Waals surface area contributed by atoms with E-state index in [2.05, 4.69) is 181 Å². The fraction of sp³-hybridized carbons (Fsp3) is 0.122. The first-order valence-corrected chi connectivity index (χ1v) is 17.7. The number of hydrogen-bond donors (Lipinski definition) is 0. The minimum absolute atomic E-state index is 0.000635. The highest BCUT2D eigenvalue weighted by Crippen LogP contribution is 2.52. The van der Waals surface area contributed by atoms with Crippen molar-refractivity contribution in [2.45, 2.75) is 25.3 Å². The van der Waals surface area contributed by atoms with Crippen LogP contribution < -0.4 is 25.8 Å². The summed E-state index contributed by atoms with van der Waals surface area (Å²) < 4.78 is 0. The highest BCUT2D eigenvalue weighted by Gasteiger charge is 2.51. The second kappa shape index (κ2) is 10.8. The zero-order chi connectivity index (χ0) is 29.6. The molecular weight excluding hydrogens is 549 g/mol. The summed E-state index contributed by atoms with van der Waals surface area (Å²) in [5.41, 5.74) is 6.49. The molecule has 44 heavy (non-hydrogen) atoms. The van der Waals surface area contributed by atoms with Crippen LogP contribution in [0.5, 0.6) is 0 Å². The maximum atomic E-state index is 2.61. The largest absolute Gasteiger partial charge is 0.273 e. The van der Waals surface area contributed by atoms with Crippen LogP contribution in [0.2, 0.25) is 0 Å². The molecule has 0 bridgehead atoms. The van der Waals surface area contributed by atoms with Crippen LogP contribution >= 0.6 is 0 Å². The molecule has 2 aliphatic heterocycles. The highest BCUT2D eigenvalue weighted by molar-refractivity contribution is 7.20. The van der Waals surface area contributed by atoms with E-state index >= 15 is 0 Å². The number of hydrogen-bond acceptors (Lipinski definition) is 2. The molecule has 0 N–H and O–H groups in total. The average Bonchev–Trinajstić information content (AvgIpc) is 3.59. The molecule has 0 radical (unpaired) electrons. The van der Waals surface area contributed by atoms with Crippen LogP contribution in [0.25, 0.3) is 11.1 Å². The van der Waals surface area contributed by atoms with Crippen LogP contribution in [0.4, 0.5) is 11.4 Å². The Morgan fingerprint density at radius 3 is 1.73 bits per heavy atom. The van der Waals surface area contributed by atoms with Gasteiger partial charge >= 0.3 is 0 Å². The van der Waals surface area contributed by atoms with Gasteiger partial charge in [0.05, 0.1) is 16.9 Å². The summed E-state index contributed by atoms with van der Waals surface area (Å²) in [6.07, 6.45) is 2.38. The molecule has 2 heterocycles. The van der Waals surface area contributed by atoms with Gasteiger partial charge in [-0.2, -0.15) is 0 Å². The first-order valence-electron chi connectivity index (χ1n) is 15.7. The molecule has 2 nitrogen and oxygen atoms in total. The molecule has 0 saturated carbocycles. The lowest BCUT2D eigenvalue weighted by molar-refractivity contribution is 0.183. The lowest BCUT2D eigenvalue weighted by Gasteiger charge is -2.36. The van der Waals surface area contributed by atoms with E-state index in [1.54, 1.807) is 0 Å². The van der Waals surface area contributed by atoms with Crippen LogP contribution in [0.1, 0.15) is 25.3 Å². The third kappa shape index (κ3) is 4.11. The van der Waals surface area contributed by atoms with Crippen molar-refractivity contribution < 1.29 is 0 Å². The van der Waals surface area contributed by atoms with Crippen LogP contribution in [-0.2, 0) is 5.54 Å². The number of fused-ring (bicyclic) bond motifs is 3. The van der Waals surface area contributed by atoms with Crippen molar-refractivity contribution >= 4 is 40.2 Å². The summed E-state index contributed by atoms with van der Waals surface area (Å²) in [6, 6.07) is 61.1. The smallest absolute Gasteiger partial charge is 0.179 e. The number of nitrogens with zero attached hydrogens (tertiary/aromatic N) is 2. The van der Waals surface area contributed by atoms with E-state index in [9.17, 15) is 0 Å². The lowest BCUT2D eigenvalue weighted by Crippen LogP contribution is -2.74. The monoisotopic (exact) mass is 584 g/mol. The van der Waals surface area contributed by atoms with Gasteiger partial charge in [-0.1, -0.05) is 146 Å². The first kappa shape index (κ1) is 26.9. The van der Waals surface area contributed by atoms with Crippen molar-refractivity contribution in [3.05, 3.63) is 169 Å². The van der Waals surface area contributed by atoms with E-state index in [-0.39, 0.29) is 5.54 Å². The summed E-state index contributed by atoms with van der Waals surface area (Å²) in [5.74, 6) is 0. The molecular formula is C41H36N2Si. The summed E-state index contributed by atoms with van der Waals surface area (Å²) in [6.45, 7) is 3.50. The van der Waals surface area contributed by atoms with E-state index in [4.69, 9.17) is 0 Å². The Kier molecular flexibility index (Phi) is 6.59. The highest BCUT2D eigenvalue weighted by atomic mass is 28.3. The summed E-state index contributed by atoms with van der Waals surface area (Å²) in [5, 5.41) is 10.7. The Hall–Kier alpha value is -4.70. The summed E-state index contributed by atoms with van der Waals surface area (Å²) in [4.78, 5) is 0. The fourth-order valence-electron chi connectivity index (χ4n) is 7.86. The molecule has 6 aromatic carbocycles. The van der Waals surface area contributed by atoms with Gasteiger partial charge in [0.15, 0.2) is 8.07 Å². The summed E-state index contributed by atoms with van der Waals surface area (Å²) >= 11 is 0. The van der Waals surface area contributed by atoms with E-state index in [1.807, 2.05) is 0 Å². The molecule has 1 atom stereocenters. The van der Waals surface area contributed by atoms with Gasteiger partial charge in [-0.15, -0.1) is 0 Å². The molecule has 214 valence electrons. The van der Waals surface area contributed by atoms with Gasteiger partial charge in [0.25, 0.3) is 0 Å². The molecule has 0 spiro atoms. The predicted molar refractivity (Wildman–Crippen MR) is 187 cm³/mol. The van der Waals surface area contributed by atoms with Crippen LogP contribution in [-0.4, -0.2) is 19.6 Å². The van der Waals surface area contributed by atoms with Crippen LogP contribution in [0, 0.1) is 0 Å². The number of para-hydroxylation sites is 1. The molecule has 0 amide bonds. The van der Waals surface area contributed by atoms with E-state index in [0.717, 1.165) is 6.54 Å². The number of anilines is 2. The van der Waals surface area contributed by atoms with Crippen molar-refractivity contribution in [2.24, 2.45) is 0 Å². The van der Waals surface area contributed by atoms with E-state index in [0.29, 0.717) is 0 Å². The normalized spacial score (nSPS) is 17.8. The van der Waals surface area contributed by atoms with Crippen molar-refractivity contribution in [3.63, 3.8) is 0 Å². The minimum atomic E-state index is -2.74. The van der Waals surface area contributed by atoms with Crippen LogP contribution in [0.3, 0.4) is 0 Å². The zero-order valence-electron chi connectivity index (χ0n) is 25.1. The lowest BCUT2D eigenvalue weighted by atomic mass is 9.90. The molecule has 1 saturated heterocycles. The van der Waals surface area contributed by atoms with E-state index < -0.39 is 8.07 Å². The van der Waals surface area contributed by atoms with Gasteiger partial charge in [-0.25, -0.2) is 5.01 Å². The molecule has 8 rings (SSSR count). The SMILES string of the molecule is CC12CCCN1N(c1ccccc1)c1cc([Si](c3ccccc3)(c3ccccc3)c3cccc(-c4ccccc4)c3)ccc12. The van der Waals surface area contributed by atoms with Gasteiger partial charge in [0, 0.05) is 6.54 Å². The number of hydrazine groups is 1. The molecule has 6 aromatic rings. The quantitative estimate of drug-likeness (QED) is 0.152. The van der Waals surface area contributed by atoms with Gasteiger partial charge in [-0.3, -0.25) is 5.01 Å². The van der Waals surface area contributed by atoms with Gasteiger partial charge in [-0.05, 0) is 75.4 Å². The first-order chi connectivity index (χ1) is 21.7. The van der Waals surface area contributed by atoms with Gasteiger partial charge < -0.3 is 0 Å². The predicted octanol–water partition coefficient (Wildman–Crippen LogP) is 7.11. The topological polar surface area (TPSA) is 6.48 Å². The molecule has 0 aliphatic carbocycles. The van der Waals surface area contributed by atoms with Crippen LogP contribution in [0.15, 0.2) is 164 Å². The molecule has 2 aliphatic rings. The van der Waals surface area contributed by atoms with Gasteiger partial charge in [0.2, 0.25) is 0 Å². The summed E-state index contributed by atoms with van der Waals surface area (Å²) in [7, 11) is -2.74. The van der Waals surface area contributed by atoms with Crippen molar-refractivity contribution in [1.82, 2.24) is 5.01 Å². The minimum Gasteiger partial charge on any atom is -0.273 e. The maximum absolute atomic E-state index is 2.74. The van der Waals surface area contributed by atoms with Crippen molar-refractivity contribution in [3.8, 4) is 11.1 Å². The second-order valence-corrected chi connectivity index (χ2v) is 16.1. The number of benzene rings is 6. The Labute approximate surface area is 261 Å². The Balaban J connectivity index is 1.43. The maximum Gasteiger partial charge on any atom is 0.179 e. The molecule has 0 aromatic heterocycles. The fourth-order valence-corrected chi connectivity index (χ4v) is 12.6. The number of rotatable bonds is 6. The van der Waals surface area contributed by atoms with Gasteiger partial charge in [0.1, 0.15) is 0 Å². The van der Waals surface area contributed by atoms with Crippen molar-refractivity contribution in [1.29, 1.82) is 0 Å². The Morgan fingerprint density at radius 1 is 0.523 bits per heavy atom. The Morgan fingerprint density at radius 2 is 1.07 bits per heavy atom. The second-order valence-electron chi connectivity index (χ2n) is 12.3. The third-order valence-corrected chi connectivity index (χ3v) is 14.7. The third-order valence-electron chi connectivity index (χ3n) is 9.90. The molecule has 1 fully saturated rings.